The fourth-order valence-electron chi connectivity index (χ4n) is 3.14. The first-order valence-corrected chi connectivity index (χ1v) is 11.6. The monoisotopic (exact) mass is 431 g/mol. The first-order chi connectivity index (χ1) is 14.1. The van der Waals surface area contributed by atoms with Crippen LogP contribution in [0.15, 0.2) is 42.5 Å². The van der Waals surface area contributed by atoms with E-state index in [9.17, 15) is 18.0 Å². The Morgan fingerprint density at radius 3 is 1.90 bits per heavy atom. The molecule has 0 radical (unpaired) electrons. The van der Waals surface area contributed by atoms with Crippen molar-refractivity contribution in [2.45, 2.75) is 26.7 Å². The van der Waals surface area contributed by atoms with Gasteiger partial charge in [0.25, 0.3) is 5.91 Å². The van der Waals surface area contributed by atoms with Crippen molar-refractivity contribution in [2.24, 2.45) is 0 Å². The normalized spacial score (nSPS) is 11.1. The van der Waals surface area contributed by atoms with E-state index < -0.39 is 15.9 Å². The van der Waals surface area contributed by atoms with E-state index in [4.69, 9.17) is 0 Å². The second-order valence-corrected chi connectivity index (χ2v) is 9.13. The highest BCUT2D eigenvalue weighted by Gasteiger charge is 2.22. The Labute approximate surface area is 178 Å². The molecule has 7 nitrogen and oxygen atoms in total. The number of amides is 2. The topological polar surface area (TPSA) is 86.8 Å². The number of anilines is 2. The number of carbonyl (C=O) groups excluding carboxylic acids is 2. The van der Waals surface area contributed by atoms with E-state index in [1.807, 2.05) is 32.0 Å². The molecule has 8 heteroatoms. The van der Waals surface area contributed by atoms with Gasteiger partial charge in [0, 0.05) is 25.3 Å². The van der Waals surface area contributed by atoms with Crippen LogP contribution in [0.3, 0.4) is 0 Å². The number of aryl methyl sites for hydroxylation is 2. The van der Waals surface area contributed by atoms with Crippen molar-refractivity contribution in [1.82, 2.24) is 4.90 Å². The number of hydrogen-bond acceptors (Lipinski definition) is 4. The van der Waals surface area contributed by atoms with Gasteiger partial charge in [0.2, 0.25) is 15.9 Å². The van der Waals surface area contributed by atoms with E-state index in [1.165, 1.54) is 17.0 Å². The van der Waals surface area contributed by atoms with Gasteiger partial charge in [-0.3, -0.25) is 13.9 Å². The molecule has 0 saturated carbocycles. The Kier molecular flexibility index (Phi) is 7.61. The average molecular weight is 432 g/mol. The van der Waals surface area contributed by atoms with E-state index in [-0.39, 0.29) is 12.5 Å². The summed E-state index contributed by atoms with van der Waals surface area (Å²) >= 11 is 0. The number of para-hydroxylation sites is 1. The van der Waals surface area contributed by atoms with Gasteiger partial charge in [0.15, 0.2) is 0 Å². The van der Waals surface area contributed by atoms with Gasteiger partial charge in [-0.05, 0) is 48.2 Å². The van der Waals surface area contributed by atoms with Gasteiger partial charge in [0.05, 0.1) is 11.9 Å². The molecule has 0 spiro atoms. The fraction of sp³-hybridized carbons (Fsp3) is 0.364. The summed E-state index contributed by atoms with van der Waals surface area (Å²) < 4.78 is 25.8. The maximum atomic E-state index is 12.8. The summed E-state index contributed by atoms with van der Waals surface area (Å²) in [6.45, 7) is 3.65. The number of benzene rings is 2. The third-order valence-corrected chi connectivity index (χ3v) is 5.90. The minimum atomic E-state index is -3.71. The molecule has 162 valence electrons. The van der Waals surface area contributed by atoms with Crippen molar-refractivity contribution in [3.8, 4) is 0 Å². The smallest absolute Gasteiger partial charge is 0.253 e. The number of sulfonamides is 1. The molecule has 2 amide bonds. The Bertz CT molecular complexity index is 993. The Morgan fingerprint density at radius 1 is 0.933 bits per heavy atom. The molecule has 2 aromatic rings. The maximum absolute atomic E-state index is 12.8. The molecule has 0 aliphatic carbocycles. The summed E-state index contributed by atoms with van der Waals surface area (Å²) in [6.07, 6.45) is 2.55. The molecule has 0 saturated heterocycles. The summed E-state index contributed by atoms with van der Waals surface area (Å²) in [4.78, 5) is 26.3. The van der Waals surface area contributed by atoms with E-state index >= 15 is 0 Å². The molecular weight excluding hydrogens is 402 g/mol. The van der Waals surface area contributed by atoms with Crippen LogP contribution < -0.4 is 9.62 Å². The lowest BCUT2D eigenvalue weighted by Gasteiger charge is -2.23. The van der Waals surface area contributed by atoms with Gasteiger partial charge >= 0.3 is 0 Å². The number of carbonyl (C=O) groups is 2. The van der Waals surface area contributed by atoms with Gasteiger partial charge in [-0.2, -0.15) is 0 Å². The van der Waals surface area contributed by atoms with Crippen LogP contribution in [0.5, 0.6) is 0 Å². The van der Waals surface area contributed by atoms with Crippen LogP contribution in [0.1, 0.15) is 35.3 Å². The van der Waals surface area contributed by atoms with Crippen LogP contribution >= 0.6 is 0 Å². The third kappa shape index (κ3) is 5.60. The maximum Gasteiger partial charge on any atom is 0.253 e. The lowest BCUT2D eigenvalue weighted by molar-refractivity contribution is -0.114. The minimum absolute atomic E-state index is 0.187. The largest absolute Gasteiger partial charge is 0.345 e. The predicted molar refractivity (Wildman–Crippen MR) is 120 cm³/mol. The quantitative estimate of drug-likeness (QED) is 0.696. The molecule has 2 rings (SSSR count). The summed E-state index contributed by atoms with van der Waals surface area (Å²) in [5, 5.41) is 2.89. The summed E-state index contributed by atoms with van der Waals surface area (Å²) in [6, 6.07) is 12.0. The van der Waals surface area contributed by atoms with Gasteiger partial charge < -0.3 is 10.2 Å². The van der Waals surface area contributed by atoms with Crippen molar-refractivity contribution >= 4 is 33.2 Å². The first-order valence-electron chi connectivity index (χ1n) is 9.78. The molecule has 30 heavy (non-hydrogen) atoms. The highest BCUT2D eigenvalue weighted by atomic mass is 32.2. The van der Waals surface area contributed by atoms with E-state index in [1.54, 1.807) is 26.2 Å². The van der Waals surface area contributed by atoms with Gasteiger partial charge in [-0.25, -0.2) is 8.42 Å². The third-order valence-electron chi connectivity index (χ3n) is 4.76. The molecule has 0 aliphatic heterocycles. The molecule has 0 heterocycles. The van der Waals surface area contributed by atoms with E-state index in [0.717, 1.165) is 40.2 Å². The number of rotatable bonds is 8. The lowest BCUT2D eigenvalue weighted by atomic mass is 10.0. The van der Waals surface area contributed by atoms with Crippen molar-refractivity contribution < 1.29 is 18.0 Å². The van der Waals surface area contributed by atoms with Crippen molar-refractivity contribution in [3.63, 3.8) is 0 Å². The van der Waals surface area contributed by atoms with Gasteiger partial charge in [-0.1, -0.05) is 32.0 Å². The van der Waals surface area contributed by atoms with E-state index in [2.05, 4.69) is 5.32 Å². The SMILES string of the molecule is CCc1cccc(CC)c1NC(=O)CN(c1ccc(C(=O)N(C)C)cc1)S(C)(=O)=O. The molecule has 0 atom stereocenters. The summed E-state index contributed by atoms with van der Waals surface area (Å²) in [5.74, 6) is -0.613. The van der Waals surface area contributed by atoms with Crippen LogP contribution in [-0.4, -0.2) is 52.0 Å². The van der Waals surface area contributed by atoms with Crippen LogP contribution in [0.4, 0.5) is 11.4 Å². The average Bonchev–Trinajstić information content (AvgIpc) is 2.70. The molecular formula is C22H29N3O4S. The first kappa shape index (κ1) is 23.4. The zero-order valence-electron chi connectivity index (χ0n) is 18.1. The molecule has 0 fully saturated rings. The summed E-state index contributed by atoms with van der Waals surface area (Å²) in [7, 11) is -0.427. The molecule has 0 unspecified atom stereocenters. The Balaban J connectivity index is 2.28. The second kappa shape index (κ2) is 9.75. The molecule has 0 aromatic heterocycles. The molecule has 0 bridgehead atoms. The lowest BCUT2D eigenvalue weighted by Crippen LogP contribution is -2.37. The predicted octanol–water partition coefficient (Wildman–Crippen LogP) is 2.92. The highest BCUT2D eigenvalue weighted by Crippen LogP contribution is 2.24. The van der Waals surface area contributed by atoms with Crippen LogP contribution in [0, 0.1) is 0 Å². The van der Waals surface area contributed by atoms with Gasteiger partial charge in [-0.15, -0.1) is 0 Å². The van der Waals surface area contributed by atoms with Crippen LogP contribution in [-0.2, 0) is 27.7 Å². The van der Waals surface area contributed by atoms with Crippen molar-refractivity contribution in [3.05, 3.63) is 59.2 Å². The zero-order chi connectivity index (χ0) is 22.5. The fourth-order valence-corrected chi connectivity index (χ4v) is 4.00. The second-order valence-electron chi connectivity index (χ2n) is 7.22. The Hall–Kier alpha value is -2.87. The van der Waals surface area contributed by atoms with Crippen molar-refractivity contribution in [2.75, 3.05) is 36.5 Å². The number of nitrogens with zero attached hydrogens (tertiary/aromatic N) is 2. The van der Waals surface area contributed by atoms with E-state index in [0.29, 0.717) is 11.3 Å². The van der Waals surface area contributed by atoms with Crippen LogP contribution in [0.2, 0.25) is 0 Å². The van der Waals surface area contributed by atoms with Gasteiger partial charge in [0.1, 0.15) is 6.54 Å². The molecule has 1 N–H and O–H groups in total. The molecule has 0 aliphatic rings. The minimum Gasteiger partial charge on any atom is -0.345 e. The molecule has 2 aromatic carbocycles. The van der Waals surface area contributed by atoms with Crippen molar-refractivity contribution in [1.29, 1.82) is 0 Å². The van der Waals surface area contributed by atoms with Crippen LogP contribution in [0.25, 0.3) is 0 Å². The summed E-state index contributed by atoms with van der Waals surface area (Å²) in [5.41, 5.74) is 3.50. The highest BCUT2D eigenvalue weighted by molar-refractivity contribution is 7.92. The number of hydrogen-bond donors (Lipinski definition) is 1. The number of nitrogens with one attached hydrogen (secondary N) is 1. The Morgan fingerprint density at radius 2 is 1.47 bits per heavy atom. The zero-order valence-corrected chi connectivity index (χ0v) is 18.9. The standard InChI is InChI=1S/C22H29N3O4S/c1-6-16-9-8-10-17(7-2)21(16)23-20(26)15-25(30(5,28)29)19-13-11-18(12-14-19)22(27)24(3)4/h8-14H,6-7,15H2,1-5H3,(H,23,26).